The van der Waals surface area contributed by atoms with E-state index in [-0.39, 0.29) is 6.03 Å². The number of nitrogens with one attached hydrogen (secondary N) is 2. The van der Waals surface area contributed by atoms with Gasteiger partial charge in [-0.05, 0) is 55.0 Å². The van der Waals surface area contributed by atoms with Crippen molar-refractivity contribution in [2.24, 2.45) is 5.92 Å². The fourth-order valence-electron chi connectivity index (χ4n) is 4.56. The first-order valence-electron chi connectivity index (χ1n) is 12.0. The van der Waals surface area contributed by atoms with Gasteiger partial charge in [0.1, 0.15) is 5.75 Å². The van der Waals surface area contributed by atoms with Gasteiger partial charge in [0.25, 0.3) is 0 Å². The van der Waals surface area contributed by atoms with E-state index in [1.807, 2.05) is 18.2 Å². The van der Waals surface area contributed by atoms with Gasteiger partial charge in [0.15, 0.2) is 0 Å². The highest BCUT2D eigenvalue weighted by Gasteiger charge is 2.26. The van der Waals surface area contributed by atoms with Crippen LogP contribution in [0.15, 0.2) is 53.4 Å². The van der Waals surface area contributed by atoms with Gasteiger partial charge in [0.05, 0.1) is 12.0 Å². The van der Waals surface area contributed by atoms with E-state index in [1.54, 1.807) is 35.7 Å². The molecule has 1 atom stereocenters. The maximum absolute atomic E-state index is 12.8. The van der Waals surface area contributed by atoms with Crippen LogP contribution < -0.4 is 20.3 Å². The van der Waals surface area contributed by atoms with Gasteiger partial charge in [-0.2, -0.15) is 4.31 Å². The number of rotatable bonds is 8. The first-order chi connectivity index (χ1) is 16.5. The number of methoxy groups -OCH3 is 1. The molecular weight excluding hydrogens is 452 g/mol. The number of carbonyl (C=O) groups is 1. The summed E-state index contributed by atoms with van der Waals surface area (Å²) < 4.78 is 32.4. The zero-order valence-electron chi connectivity index (χ0n) is 19.7. The van der Waals surface area contributed by atoms with Gasteiger partial charge >= 0.3 is 6.03 Å². The lowest BCUT2D eigenvalue weighted by Crippen LogP contribution is -2.38. The largest absolute Gasteiger partial charge is 0.497 e. The lowest BCUT2D eigenvalue weighted by Gasteiger charge is -2.25. The molecule has 4 rings (SSSR count). The number of nitrogens with zero attached hydrogens (tertiary/aromatic N) is 2. The Balaban J connectivity index is 1.21. The van der Waals surface area contributed by atoms with Gasteiger partial charge in [-0.15, -0.1) is 0 Å². The predicted octanol–water partition coefficient (Wildman–Crippen LogP) is 3.20. The molecule has 0 saturated carbocycles. The van der Waals surface area contributed by atoms with Crippen molar-refractivity contribution in [3.05, 3.63) is 54.1 Å². The summed E-state index contributed by atoms with van der Waals surface area (Å²) in [6.45, 7) is 3.97. The molecule has 8 nitrogen and oxygen atoms in total. The van der Waals surface area contributed by atoms with E-state index < -0.39 is 10.0 Å². The number of hydrogen-bond acceptors (Lipinski definition) is 5. The average Bonchev–Trinajstić information content (AvgIpc) is 3.36. The van der Waals surface area contributed by atoms with Crippen LogP contribution in [0.5, 0.6) is 5.75 Å². The van der Waals surface area contributed by atoms with E-state index in [2.05, 4.69) is 21.6 Å². The topological polar surface area (TPSA) is 91.0 Å². The first kappa shape index (κ1) is 24.3. The normalized spacial score (nSPS) is 19.1. The van der Waals surface area contributed by atoms with E-state index in [0.717, 1.165) is 55.8 Å². The van der Waals surface area contributed by atoms with E-state index >= 15 is 0 Å². The number of piperidine rings is 1. The van der Waals surface area contributed by atoms with Gasteiger partial charge in [-0.3, -0.25) is 0 Å². The van der Waals surface area contributed by atoms with Crippen molar-refractivity contribution in [1.29, 1.82) is 0 Å². The molecule has 2 aliphatic heterocycles. The van der Waals surface area contributed by atoms with Crippen molar-refractivity contribution < 1.29 is 17.9 Å². The summed E-state index contributed by atoms with van der Waals surface area (Å²) in [5, 5.41) is 5.83. The van der Waals surface area contributed by atoms with Crippen molar-refractivity contribution in [2.45, 2.75) is 37.1 Å². The van der Waals surface area contributed by atoms with Gasteiger partial charge in [0, 0.05) is 51.0 Å². The molecule has 184 valence electrons. The fourth-order valence-corrected chi connectivity index (χ4v) is 6.07. The van der Waals surface area contributed by atoms with Gasteiger partial charge in [0.2, 0.25) is 10.0 Å². The first-order valence-corrected chi connectivity index (χ1v) is 13.4. The molecule has 0 spiro atoms. The molecule has 2 aromatic rings. The smallest absolute Gasteiger partial charge is 0.315 e. The highest BCUT2D eigenvalue weighted by molar-refractivity contribution is 7.89. The fraction of sp³-hybridized carbons (Fsp3) is 0.480. The Morgan fingerprint density at radius 1 is 1.03 bits per heavy atom. The highest BCUT2D eigenvalue weighted by Crippen LogP contribution is 2.26. The molecule has 1 unspecified atom stereocenters. The number of amides is 2. The number of urea groups is 1. The number of ether oxygens (including phenoxy) is 1. The van der Waals surface area contributed by atoms with Crippen molar-refractivity contribution in [3.63, 3.8) is 0 Å². The molecule has 2 amide bonds. The molecule has 0 bridgehead atoms. The SMILES string of the molecule is COc1cccc(N2CCC(CNC(=O)NCc3ccc(S(=O)(=O)N4CCCCC4)cc3)C2)c1. The predicted molar refractivity (Wildman–Crippen MR) is 133 cm³/mol. The third-order valence-corrected chi connectivity index (χ3v) is 8.50. The van der Waals surface area contributed by atoms with Crippen LogP contribution in [0.25, 0.3) is 0 Å². The van der Waals surface area contributed by atoms with Crippen LogP contribution >= 0.6 is 0 Å². The zero-order valence-corrected chi connectivity index (χ0v) is 20.5. The monoisotopic (exact) mass is 486 g/mol. The van der Waals surface area contributed by atoms with Crippen LogP contribution in [-0.4, -0.2) is 58.6 Å². The molecule has 0 radical (unpaired) electrons. The van der Waals surface area contributed by atoms with Crippen LogP contribution in [0.1, 0.15) is 31.2 Å². The average molecular weight is 487 g/mol. The van der Waals surface area contributed by atoms with Crippen LogP contribution in [0, 0.1) is 5.92 Å². The number of anilines is 1. The summed E-state index contributed by atoms with van der Waals surface area (Å²) >= 11 is 0. The molecule has 0 aromatic heterocycles. The second-order valence-electron chi connectivity index (χ2n) is 8.97. The van der Waals surface area contributed by atoms with E-state index in [1.165, 1.54) is 0 Å². The number of carbonyl (C=O) groups excluding carboxylic acids is 1. The Kier molecular flexibility index (Phi) is 7.95. The highest BCUT2D eigenvalue weighted by atomic mass is 32.2. The van der Waals surface area contributed by atoms with E-state index in [9.17, 15) is 13.2 Å². The van der Waals surface area contributed by atoms with Crippen molar-refractivity contribution in [1.82, 2.24) is 14.9 Å². The van der Waals surface area contributed by atoms with E-state index in [4.69, 9.17) is 4.74 Å². The number of hydrogen-bond donors (Lipinski definition) is 2. The standard InChI is InChI=1S/C25H34N4O4S/c1-33-23-7-5-6-22(16-23)28-15-12-21(19-28)18-27-25(30)26-17-20-8-10-24(11-9-20)34(31,32)29-13-3-2-4-14-29/h5-11,16,21H,2-4,12-15,17-19H2,1H3,(H2,26,27,30). The lowest BCUT2D eigenvalue weighted by atomic mass is 10.1. The van der Waals surface area contributed by atoms with Gasteiger partial charge < -0.3 is 20.3 Å². The number of benzene rings is 2. The summed E-state index contributed by atoms with van der Waals surface area (Å²) in [6, 6.07) is 14.6. The molecule has 2 N–H and O–H groups in total. The maximum Gasteiger partial charge on any atom is 0.315 e. The molecule has 9 heteroatoms. The minimum absolute atomic E-state index is 0.218. The molecule has 34 heavy (non-hydrogen) atoms. The minimum atomic E-state index is -3.43. The Labute approximate surface area is 202 Å². The lowest BCUT2D eigenvalue weighted by molar-refractivity contribution is 0.239. The molecule has 0 aliphatic carbocycles. The molecule has 2 aromatic carbocycles. The second-order valence-corrected chi connectivity index (χ2v) is 10.9. The summed E-state index contributed by atoms with van der Waals surface area (Å²) in [5.74, 6) is 1.23. The van der Waals surface area contributed by atoms with Crippen LogP contribution in [0.4, 0.5) is 10.5 Å². The Hall–Kier alpha value is -2.78. The third-order valence-electron chi connectivity index (χ3n) is 6.58. The van der Waals surface area contributed by atoms with Crippen LogP contribution in [0.3, 0.4) is 0 Å². The summed E-state index contributed by atoms with van der Waals surface area (Å²) in [7, 11) is -1.77. The van der Waals surface area contributed by atoms with Crippen molar-refractivity contribution >= 4 is 21.7 Å². The quantitative estimate of drug-likeness (QED) is 0.598. The Bertz CT molecular complexity index is 1070. The third kappa shape index (κ3) is 6.01. The van der Waals surface area contributed by atoms with Gasteiger partial charge in [-0.1, -0.05) is 24.6 Å². The maximum atomic E-state index is 12.8. The Morgan fingerprint density at radius 3 is 2.53 bits per heavy atom. The minimum Gasteiger partial charge on any atom is -0.497 e. The van der Waals surface area contributed by atoms with Gasteiger partial charge in [-0.25, -0.2) is 13.2 Å². The second kappa shape index (κ2) is 11.1. The zero-order chi connectivity index (χ0) is 24.0. The molecule has 2 heterocycles. The van der Waals surface area contributed by atoms with Crippen molar-refractivity contribution in [2.75, 3.05) is 44.7 Å². The molecule has 2 saturated heterocycles. The van der Waals surface area contributed by atoms with Crippen LogP contribution in [0.2, 0.25) is 0 Å². The van der Waals surface area contributed by atoms with Crippen molar-refractivity contribution in [3.8, 4) is 5.75 Å². The molecule has 2 fully saturated rings. The van der Waals surface area contributed by atoms with Crippen LogP contribution in [-0.2, 0) is 16.6 Å². The molecular formula is C25H34N4O4S. The number of sulfonamides is 1. The summed E-state index contributed by atoms with van der Waals surface area (Å²) in [4.78, 5) is 14.9. The summed E-state index contributed by atoms with van der Waals surface area (Å²) in [6.07, 6.45) is 3.93. The Morgan fingerprint density at radius 2 is 1.79 bits per heavy atom. The summed E-state index contributed by atoms with van der Waals surface area (Å²) in [5.41, 5.74) is 2.00. The van der Waals surface area contributed by atoms with E-state index in [0.29, 0.717) is 37.0 Å². The molecule has 2 aliphatic rings.